The van der Waals surface area contributed by atoms with Gasteiger partial charge in [0.25, 0.3) is 0 Å². The molecule has 0 bridgehead atoms. The number of carbonyl (C=O) groups is 4. The summed E-state index contributed by atoms with van der Waals surface area (Å²) >= 11 is 0. The summed E-state index contributed by atoms with van der Waals surface area (Å²) in [5, 5.41) is 14.3. The van der Waals surface area contributed by atoms with Crippen LogP contribution in [0.3, 0.4) is 0 Å². The lowest BCUT2D eigenvalue weighted by molar-refractivity contribution is -0.155. The first-order valence-corrected chi connectivity index (χ1v) is 16.2. The van der Waals surface area contributed by atoms with Crippen molar-refractivity contribution >= 4 is 23.5 Å². The maximum atomic E-state index is 13.6. The van der Waals surface area contributed by atoms with Gasteiger partial charge in [-0.1, -0.05) is 47.3 Å². The normalized spacial score (nSPS) is 42.8. The largest absolute Gasteiger partial charge is 0.464 e. The van der Waals surface area contributed by atoms with E-state index in [1.807, 2.05) is 13.0 Å². The van der Waals surface area contributed by atoms with Crippen LogP contribution in [-0.2, 0) is 28.7 Å². The molecule has 0 radical (unpaired) electrons. The minimum atomic E-state index is -1.32. The maximum Gasteiger partial charge on any atom is 0.319 e. The van der Waals surface area contributed by atoms with E-state index in [0.29, 0.717) is 18.3 Å². The van der Waals surface area contributed by atoms with Gasteiger partial charge in [-0.3, -0.25) is 19.2 Å². The zero-order valence-electron chi connectivity index (χ0n) is 27.0. The fourth-order valence-corrected chi connectivity index (χ4v) is 11.0. The SMILES string of the molecule is C=C(C(=O)[C@H](O)[C@@H](C)[C@H]1[C@@H](OC(C)=O)C[C@@]2(C)[C@@H]3CC[C@H]4[C@H](C)C(=O)C=C[C@@]45C[C@@]35CC[C@]12C)[C@@H](C)COC(=O)CNC. The van der Waals surface area contributed by atoms with E-state index < -0.39 is 35.8 Å². The van der Waals surface area contributed by atoms with Crippen molar-refractivity contribution in [2.45, 2.75) is 92.3 Å². The Morgan fingerprint density at radius 2 is 1.86 bits per heavy atom. The van der Waals surface area contributed by atoms with Gasteiger partial charge in [0.15, 0.2) is 11.6 Å². The molecule has 0 amide bonds. The van der Waals surface area contributed by atoms with Crippen LogP contribution in [0.2, 0.25) is 0 Å². The summed E-state index contributed by atoms with van der Waals surface area (Å²) < 4.78 is 11.3. The van der Waals surface area contributed by atoms with Gasteiger partial charge in [0.05, 0.1) is 13.2 Å². The van der Waals surface area contributed by atoms with Crippen molar-refractivity contribution in [3.05, 3.63) is 24.3 Å². The molecule has 43 heavy (non-hydrogen) atoms. The molecule has 0 aliphatic heterocycles. The second-order valence-corrected chi connectivity index (χ2v) is 15.2. The van der Waals surface area contributed by atoms with E-state index >= 15 is 0 Å². The van der Waals surface area contributed by atoms with Crippen LogP contribution >= 0.6 is 0 Å². The van der Waals surface area contributed by atoms with E-state index in [-0.39, 0.29) is 64.0 Å². The van der Waals surface area contributed by atoms with Gasteiger partial charge in [0.1, 0.15) is 12.2 Å². The van der Waals surface area contributed by atoms with E-state index in [9.17, 15) is 24.3 Å². The predicted octanol–water partition coefficient (Wildman–Crippen LogP) is 4.44. The average Bonchev–Trinajstić information content (AvgIpc) is 3.56. The van der Waals surface area contributed by atoms with Crippen molar-refractivity contribution in [2.24, 2.45) is 57.2 Å². The van der Waals surface area contributed by atoms with Crippen LogP contribution in [0, 0.1) is 57.2 Å². The average molecular weight is 598 g/mol. The number of ketones is 2. The smallest absolute Gasteiger partial charge is 0.319 e. The Labute approximate surface area is 256 Å². The molecule has 0 aromatic heterocycles. The number of hydrogen-bond donors (Lipinski definition) is 2. The van der Waals surface area contributed by atoms with Gasteiger partial charge in [0, 0.05) is 24.7 Å². The van der Waals surface area contributed by atoms with Gasteiger partial charge in [0.2, 0.25) is 0 Å². The number of ether oxygens (including phenoxy) is 2. The highest BCUT2D eigenvalue weighted by Crippen LogP contribution is 2.87. The van der Waals surface area contributed by atoms with Gasteiger partial charge in [-0.15, -0.1) is 0 Å². The number of hydrogen-bond acceptors (Lipinski definition) is 8. The number of carbonyl (C=O) groups excluding carboxylic acids is 4. The molecule has 2 spiro atoms. The number of fused-ring (bicyclic) bond motifs is 2. The van der Waals surface area contributed by atoms with E-state index in [1.165, 1.54) is 6.92 Å². The molecule has 0 saturated heterocycles. The van der Waals surface area contributed by atoms with E-state index in [0.717, 1.165) is 32.1 Å². The molecule has 8 nitrogen and oxygen atoms in total. The highest BCUT2D eigenvalue weighted by atomic mass is 16.5. The number of nitrogens with one attached hydrogen (secondary N) is 1. The third-order valence-electron chi connectivity index (χ3n) is 13.4. The molecular formula is C35H51NO7. The van der Waals surface area contributed by atoms with Crippen LogP contribution in [0.25, 0.3) is 0 Å². The van der Waals surface area contributed by atoms with Crippen molar-refractivity contribution in [1.82, 2.24) is 5.32 Å². The summed E-state index contributed by atoms with van der Waals surface area (Å²) in [6, 6.07) is 0. The molecule has 5 rings (SSSR count). The molecule has 4 fully saturated rings. The molecular weight excluding hydrogens is 546 g/mol. The van der Waals surface area contributed by atoms with Crippen LogP contribution < -0.4 is 5.32 Å². The summed E-state index contributed by atoms with van der Waals surface area (Å²) in [7, 11) is 1.65. The summed E-state index contributed by atoms with van der Waals surface area (Å²) in [5.74, 6) is -1.27. The Bertz CT molecular complexity index is 1240. The molecule has 0 unspecified atom stereocenters. The topological polar surface area (TPSA) is 119 Å². The molecule has 2 N–H and O–H groups in total. The second kappa shape index (κ2) is 10.9. The van der Waals surface area contributed by atoms with Gasteiger partial charge >= 0.3 is 11.9 Å². The fourth-order valence-electron chi connectivity index (χ4n) is 11.0. The Morgan fingerprint density at radius 1 is 1.16 bits per heavy atom. The van der Waals surface area contributed by atoms with Crippen LogP contribution in [0.1, 0.15) is 80.1 Å². The summed E-state index contributed by atoms with van der Waals surface area (Å²) in [4.78, 5) is 50.4. The zero-order chi connectivity index (χ0) is 31.7. The molecule has 0 aromatic carbocycles. The van der Waals surface area contributed by atoms with Crippen molar-refractivity contribution in [2.75, 3.05) is 20.2 Å². The first-order valence-electron chi connectivity index (χ1n) is 16.2. The molecule has 8 heteroatoms. The lowest BCUT2D eigenvalue weighted by Crippen LogP contribution is -2.56. The number of esters is 2. The Balaban J connectivity index is 1.40. The number of aliphatic hydroxyl groups excluding tert-OH is 1. The van der Waals surface area contributed by atoms with Crippen LogP contribution in [0.4, 0.5) is 0 Å². The first kappa shape index (κ1) is 32.1. The minimum Gasteiger partial charge on any atom is -0.464 e. The third kappa shape index (κ3) is 4.60. The maximum absolute atomic E-state index is 13.6. The number of allylic oxidation sites excluding steroid dienone is 2. The summed E-state index contributed by atoms with van der Waals surface area (Å²) in [6.45, 7) is 15.9. The molecule has 5 aliphatic carbocycles. The van der Waals surface area contributed by atoms with Crippen LogP contribution in [0.15, 0.2) is 24.3 Å². The van der Waals surface area contributed by atoms with Crippen molar-refractivity contribution < 1.29 is 33.8 Å². The van der Waals surface area contributed by atoms with E-state index in [4.69, 9.17) is 9.47 Å². The highest BCUT2D eigenvalue weighted by molar-refractivity contribution is 5.98. The monoisotopic (exact) mass is 597 g/mol. The number of aliphatic hydroxyl groups is 1. The van der Waals surface area contributed by atoms with Crippen molar-refractivity contribution in [1.29, 1.82) is 0 Å². The van der Waals surface area contributed by atoms with Crippen LogP contribution in [-0.4, -0.2) is 61.0 Å². The molecule has 0 aromatic rings. The quantitative estimate of drug-likeness (QED) is 0.280. The lowest BCUT2D eigenvalue weighted by Gasteiger charge is -2.61. The molecule has 12 atom stereocenters. The predicted molar refractivity (Wildman–Crippen MR) is 161 cm³/mol. The first-order chi connectivity index (χ1) is 20.1. The van der Waals surface area contributed by atoms with Gasteiger partial charge in [-0.05, 0) is 96.6 Å². The summed E-state index contributed by atoms with van der Waals surface area (Å²) in [5.41, 5.74) is 0.0213. The number of likely N-dealkylation sites (N-methyl/N-ethyl adjacent to an activating group) is 1. The molecule has 238 valence electrons. The lowest BCUT2D eigenvalue weighted by atomic mass is 9.43. The molecule has 4 saturated carbocycles. The molecule has 0 heterocycles. The van der Waals surface area contributed by atoms with E-state index in [1.54, 1.807) is 14.0 Å². The van der Waals surface area contributed by atoms with Gasteiger partial charge in [-0.25, -0.2) is 0 Å². The van der Waals surface area contributed by atoms with E-state index in [2.05, 4.69) is 38.7 Å². The van der Waals surface area contributed by atoms with Crippen molar-refractivity contribution in [3.8, 4) is 0 Å². The van der Waals surface area contributed by atoms with Gasteiger partial charge < -0.3 is 19.9 Å². The highest BCUT2D eigenvalue weighted by Gasteiger charge is 2.81. The minimum absolute atomic E-state index is 0.00659. The van der Waals surface area contributed by atoms with Crippen LogP contribution in [0.5, 0.6) is 0 Å². The Kier molecular flexibility index (Phi) is 8.16. The third-order valence-corrected chi connectivity index (χ3v) is 13.4. The zero-order valence-corrected chi connectivity index (χ0v) is 27.0. The number of Topliss-reactive ketones (excluding diaryl/α,β-unsaturated/α-hetero) is 1. The number of rotatable bonds is 10. The molecule has 5 aliphatic rings. The van der Waals surface area contributed by atoms with Gasteiger partial charge in [-0.2, -0.15) is 0 Å². The Morgan fingerprint density at radius 3 is 2.51 bits per heavy atom. The van der Waals surface area contributed by atoms with Crippen molar-refractivity contribution in [3.63, 3.8) is 0 Å². The standard InChI is InChI=1S/C35H51NO7/c1-19(17-42-28(39)16-36-8)20(2)30(40)31(41)22(4)29-26(43-23(5)37)15-33(7)27-10-9-24-21(3)25(38)11-12-34(24)18-35(27,34)14-13-32(29,33)6/h11-12,19,21-22,24,26-27,29,31,36,41H,2,9-10,13-18H2,1,3-8H3/t19-,21-,22-,24-,26-,27-,29-,31+,32+,33-,34+,35-/m0/s1. The summed E-state index contributed by atoms with van der Waals surface area (Å²) in [6.07, 6.45) is 8.18. The Hall–Kier alpha value is -2.32. The fraction of sp³-hybridized carbons (Fsp3) is 0.771. The second-order valence-electron chi connectivity index (χ2n) is 15.2.